The smallest absolute Gasteiger partial charge is 0.193 e. The molecule has 2 aromatic rings. The number of methoxy groups -OCH3 is 1. The van der Waals surface area contributed by atoms with Crippen LogP contribution < -0.4 is 10.1 Å². The molecule has 1 unspecified atom stereocenters. The lowest BCUT2D eigenvalue weighted by atomic mass is 10.0. The number of hydrogen-bond acceptors (Lipinski definition) is 3. The van der Waals surface area contributed by atoms with Crippen molar-refractivity contribution in [2.45, 2.75) is 19.4 Å². The molecule has 19 heavy (non-hydrogen) atoms. The Morgan fingerprint density at radius 1 is 1.26 bits per heavy atom. The second kappa shape index (κ2) is 6.64. The monoisotopic (exact) mass is 279 g/mol. The molecule has 1 atom stereocenters. The summed E-state index contributed by atoms with van der Waals surface area (Å²) in [5.74, 6) is 1.63. The Balaban J connectivity index is 2.36. The van der Waals surface area contributed by atoms with Crippen molar-refractivity contribution in [2.24, 2.45) is 0 Å². The van der Waals surface area contributed by atoms with Gasteiger partial charge in [0.15, 0.2) is 5.22 Å². The van der Waals surface area contributed by atoms with Crippen LogP contribution in [0.3, 0.4) is 0 Å². The molecule has 3 nitrogen and oxygen atoms in total. The number of furan rings is 1. The van der Waals surface area contributed by atoms with Crippen LogP contribution >= 0.6 is 11.6 Å². The predicted octanol–water partition coefficient (Wildman–Crippen LogP) is 4.03. The van der Waals surface area contributed by atoms with Crippen LogP contribution in [0.4, 0.5) is 0 Å². The van der Waals surface area contributed by atoms with E-state index in [2.05, 4.69) is 12.2 Å². The zero-order valence-corrected chi connectivity index (χ0v) is 11.9. The van der Waals surface area contributed by atoms with E-state index in [1.165, 1.54) is 0 Å². The number of nitrogens with one attached hydrogen (secondary N) is 1. The van der Waals surface area contributed by atoms with Gasteiger partial charge in [-0.1, -0.05) is 25.1 Å². The maximum absolute atomic E-state index is 5.87. The molecule has 0 radical (unpaired) electrons. The first-order valence-corrected chi connectivity index (χ1v) is 6.75. The van der Waals surface area contributed by atoms with Gasteiger partial charge in [0.1, 0.15) is 11.5 Å². The number of hydrogen-bond donors (Lipinski definition) is 1. The van der Waals surface area contributed by atoms with Gasteiger partial charge in [0.2, 0.25) is 0 Å². The lowest BCUT2D eigenvalue weighted by Gasteiger charge is -2.19. The largest absolute Gasteiger partial charge is 0.496 e. The van der Waals surface area contributed by atoms with Crippen molar-refractivity contribution in [2.75, 3.05) is 13.7 Å². The average molecular weight is 280 g/mol. The molecule has 0 amide bonds. The van der Waals surface area contributed by atoms with Gasteiger partial charge in [-0.25, -0.2) is 0 Å². The topological polar surface area (TPSA) is 34.4 Å². The molecule has 1 N–H and O–H groups in total. The van der Waals surface area contributed by atoms with E-state index >= 15 is 0 Å². The van der Waals surface area contributed by atoms with Crippen molar-refractivity contribution >= 4 is 11.6 Å². The minimum absolute atomic E-state index is 0.0522. The minimum atomic E-state index is -0.0522. The van der Waals surface area contributed by atoms with Crippen molar-refractivity contribution in [3.63, 3.8) is 0 Å². The maximum atomic E-state index is 5.87. The first-order valence-electron chi connectivity index (χ1n) is 6.37. The number of para-hydroxylation sites is 1. The van der Waals surface area contributed by atoms with E-state index in [9.17, 15) is 0 Å². The normalized spacial score (nSPS) is 12.4. The highest BCUT2D eigenvalue weighted by atomic mass is 35.5. The van der Waals surface area contributed by atoms with Gasteiger partial charge in [0.25, 0.3) is 0 Å². The summed E-state index contributed by atoms with van der Waals surface area (Å²) in [5, 5.41) is 3.85. The summed E-state index contributed by atoms with van der Waals surface area (Å²) in [7, 11) is 1.67. The molecule has 1 aromatic carbocycles. The first-order chi connectivity index (χ1) is 9.26. The Bertz CT molecular complexity index is 524. The number of rotatable bonds is 6. The summed E-state index contributed by atoms with van der Waals surface area (Å²) in [4.78, 5) is 0. The van der Waals surface area contributed by atoms with E-state index in [-0.39, 0.29) is 6.04 Å². The second-order valence-corrected chi connectivity index (χ2v) is 4.64. The van der Waals surface area contributed by atoms with Gasteiger partial charge < -0.3 is 14.5 Å². The predicted molar refractivity (Wildman–Crippen MR) is 76.8 cm³/mol. The molecule has 0 saturated heterocycles. The molecular formula is C15H18ClNO2. The van der Waals surface area contributed by atoms with Crippen molar-refractivity contribution in [1.29, 1.82) is 0 Å². The lowest BCUT2D eigenvalue weighted by molar-refractivity contribution is 0.392. The molecule has 0 aliphatic rings. The van der Waals surface area contributed by atoms with Crippen LogP contribution in [0.1, 0.15) is 30.7 Å². The van der Waals surface area contributed by atoms with Crippen molar-refractivity contribution in [1.82, 2.24) is 5.32 Å². The summed E-state index contributed by atoms with van der Waals surface area (Å²) in [6.07, 6.45) is 1.04. The Hall–Kier alpha value is -1.45. The van der Waals surface area contributed by atoms with Crippen LogP contribution in [0.25, 0.3) is 0 Å². The molecule has 0 bridgehead atoms. The van der Waals surface area contributed by atoms with Crippen molar-refractivity contribution < 1.29 is 9.15 Å². The molecule has 0 aliphatic heterocycles. The molecule has 1 heterocycles. The highest BCUT2D eigenvalue weighted by Crippen LogP contribution is 2.31. The highest BCUT2D eigenvalue weighted by molar-refractivity contribution is 6.28. The van der Waals surface area contributed by atoms with E-state index in [0.717, 1.165) is 30.0 Å². The van der Waals surface area contributed by atoms with Gasteiger partial charge in [-0.3, -0.25) is 0 Å². The number of ether oxygens (including phenoxy) is 1. The van der Waals surface area contributed by atoms with Crippen LogP contribution in [-0.4, -0.2) is 13.7 Å². The van der Waals surface area contributed by atoms with Gasteiger partial charge in [0.05, 0.1) is 13.2 Å². The van der Waals surface area contributed by atoms with E-state index in [1.54, 1.807) is 13.2 Å². The molecule has 2 rings (SSSR count). The van der Waals surface area contributed by atoms with Gasteiger partial charge in [-0.15, -0.1) is 0 Å². The summed E-state index contributed by atoms with van der Waals surface area (Å²) >= 11 is 5.87. The Morgan fingerprint density at radius 2 is 2.05 bits per heavy atom. The van der Waals surface area contributed by atoms with Crippen molar-refractivity contribution in [3.05, 3.63) is 52.9 Å². The lowest BCUT2D eigenvalue weighted by Crippen LogP contribution is -2.23. The molecule has 0 fully saturated rings. The van der Waals surface area contributed by atoms with Gasteiger partial charge in [-0.2, -0.15) is 0 Å². The third kappa shape index (κ3) is 3.31. The molecule has 0 saturated carbocycles. The Morgan fingerprint density at radius 3 is 2.68 bits per heavy atom. The van der Waals surface area contributed by atoms with Crippen molar-refractivity contribution in [3.8, 4) is 5.75 Å². The van der Waals surface area contributed by atoms with Crippen LogP contribution in [0, 0.1) is 0 Å². The summed E-state index contributed by atoms with van der Waals surface area (Å²) < 4.78 is 11.0. The first kappa shape index (κ1) is 14.0. The fourth-order valence-corrected chi connectivity index (χ4v) is 2.19. The van der Waals surface area contributed by atoms with E-state index in [0.29, 0.717) is 5.22 Å². The van der Waals surface area contributed by atoms with E-state index in [1.807, 2.05) is 30.3 Å². The summed E-state index contributed by atoms with van der Waals surface area (Å²) in [6, 6.07) is 11.5. The fourth-order valence-electron chi connectivity index (χ4n) is 2.04. The van der Waals surface area contributed by atoms with Gasteiger partial charge in [-0.05, 0) is 42.8 Å². The fraction of sp³-hybridized carbons (Fsp3) is 0.333. The quantitative estimate of drug-likeness (QED) is 0.867. The van der Waals surface area contributed by atoms with Gasteiger partial charge >= 0.3 is 0 Å². The van der Waals surface area contributed by atoms with Crippen LogP contribution in [-0.2, 0) is 0 Å². The molecule has 0 aliphatic carbocycles. The maximum Gasteiger partial charge on any atom is 0.193 e. The second-order valence-electron chi connectivity index (χ2n) is 4.27. The summed E-state index contributed by atoms with van der Waals surface area (Å²) in [5.41, 5.74) is 1.05. The van der Waals surface area contributed by atoms with E-state index in [4.69, 9.17) is 20.8 Å². The van der Waals surface area contributed by atoms with E-state index < -0.39 is 0 Å². The SMILES string of the molecule is CCCNC(c1ccc(Cl)o1)c1ccccc1OC. The molecule has 0 spiro atoms. The molecule has 4 heteroatoms. The van der Waals surface area contributed by atoms with Gasteiger partial charge in [0, 0.05) is 5.56 Å². The van der Waals surface area contributed by atoms with Crippen LogP contribution in [0.15, 0.2) is 40.8 Å². The highest BCUT2D eigenvalue weighted by Gasteiger charge is 2.20. The summed E-state index contributed by atoms with van der Waals surface area (Å²) in [6.45, 7) is 3.02. The Labute approximate surface area is 118 Å². The van der Waals surface area contributed by atoms with Crippen LogP contribution in [0.5, 0.6) is 5.75 Å². The third-order valence-electron chi connectivity index (χ3n) is 2.93. The zero-order chi connectivity index (χ0) is 13.7. The number of benzene rings is 1. The average Bonchev–Trinajstić information content (AvgIpc) is 2.86. The zero-order valence-electron chi connectivity index (χ0n) is 11.2. The van der Waals surface area contributed by atoms with Crippen LogP contribution in [0.2, 0.25) is 5.22 Å². The Kier molecular flexibility index (Phi) is 4.88. The number of halogens is 1. The molecule has 1 aromatic heterocycles. The molecular weight excluding hydrogens is 262 g/mol. The standard InChI is InChI=1S/C15H18ClNO2/c1-3-10-17-15(13-8-9-14(16)19-13)11-6-4-5-7-12(11)18-2/h4-9,15,17H,3,10H2,1-2H3. The molecule has 102 valence electrons. The minimum Gasteiger partial charge on any atom is -0.496 e. The third-order valence-corrected chi connectivity index (χ3v) is 3.13.